The maximum atomic E-state index is 12.9. The number of likely N-dealkylation sites (tertiary alicyclic amines) is 2. The zero-order valence-corrected chi connectivity index (χ0v) is 17.2. The van der Waals surface area contributed by atoms with Crippen molar-refractivity contribution < 1.29 is 18.7 Å². The van der Waals surface area contributed by atoms with Crippen LogP contribution < -0.4 is 9.47 Å². The zero-order chi connectivity index (χ0) is 20.1. The minimum atomic E-state index is -0.315. The highest BCUT2D eigenvalue weighted by Gasteiger charge is 2.30. The molecule has 1 aromatic heterocycles. The Morgan fingerprint density at radius 1 is 1.10 bits per heavy atom. The third-order valence-electron chi connectivity index (χ3n) is 5.66. The number of ether oxygens (including phenoxy) is 2. The van der Waals surface area contributed by atoms with E-state index in [4.69, 9.17) is 9.47 Å². The number of nitrogens with zero attached hydrogens (tertiary/aromatic N) is 3. The lowest BCUT2D eigenvalue weighted by atomic mass is 9.99. The van der Waals surface area contributed by atoms with Crippen molar-refractivity contribution in [1.82, 2.24) is 14.8 Å². The van der Waals surface area contributed by atoms with Crippen LogP contribution in [-0.4, -0.2) is 65.6 Å². The second-order valence-corrected chi connectivity index (χ2v) is 8.36. The summed E-state index contributed by atoms with van der Waals surface area (Å²) in [5.41, 5.74) is 0. The van der Waals surface area contributed by atoms with Gasteiger partial charge in [0.2, 0.25) is 0 Å². The van der Waals surface area contributed by atoms with E-state index >= 15 is 0 Å². The summed E-state index contributed by atoms with van der Waals surface area (Å²) in [6.45, 7) is 3.57. The van der Waals surface area contributed by atoms with Gasteiger partial charge in [0, 0.05) is 43.8 Å². The Morgan fingerprint density at radius 2 is 1.83 bits per heavy atom. The number of carbonyl (C=O) groups excluding carboxylic acids is 1. The fourth-order valence-corrected chi connectivity index (χ4v) is 4.57. The van der Waals surface area contributed by atoms with Gasteiger partial charge in [0.15, 0.2) is 6.61 Å². The van der Waals surface area contributed by atoms with Crippen LogP contribution in [0.3, 0.4) is 0 Å². The first kappa shape index (κ1) is 20.1. The third-order valence-corrected chi connectivity index (χ3v) is 6.32. The summed E-state index contributed by atoms with van der Waals surface area (Å²) in [5, 5.41) is 2.70. The predicted molar refractivity (Wildman–Crippen MR) is 109 cm³/mol. The average molecular weight is 420 g/mol. The van der Waals surface area contributed by atoms with Crippen LogP contribution in [0.2, 0.25) is 0 Å². The summed E-state index contributed by atoms with van der Waals surface area (Å²) in [7, 11) is 0. The minimum Gasteiger partial charge on any atom is -0.484 e. The molecule has 0 spiro atoms. The van der Waals surface area contributed by atoms with Crippen LogP contribution in [0, 0.1) is 5.82 Å². The Bertz CT molecular complexity index is 771. The Labute approximate surface area is 174 Å². The molecule has 3 heterocycles. The van der Waals surface area contributed by atoms with Crippen molar-refractivity contribution in [3.8, 4) is 10.9 Å². The maximum Gasteiger partial charge on any atom is 0.273 e. The molecule has 156 valence electrons. The van der Waals surface area contributed by atoms with E-state index in [0.29, 0.717) is 11.8 Å². The van der Waals surface area contributed by atoms with Crippen LogP contribution >= 0.6 is 11.3 Å². The van der Waals surface area contributed by atoms with Gasteiger partial charge in [-0.05, 0) is 49.9 Å². The molecule has 0 aliphatic carbocycles. The predicted octanol–water partition coefficient (Wildman–Crippen LogP) is 3.20. The lowest BCUT2D eigenvalue weighted by Crippen LogP contribution is -2.50. The molecule has 0 radical (unpaired) electrons. The number of hydrogen-bond acceptors (Lipinski definition) is 6. The van der Waals surface area contributed by atoms with Crippen molar-refractivity contribution in [2.45, 2.75) is 37.8 Å². The molecule has 8 heteroatoms. The summed E-state index contributed by atoms with van der Waals surface area (Å²) in [4.78, 5) is 21.0. The lowest BCUT2D eigenvalue weighted by molar-refractivity contribution is -0.135. The Balaban J connectivity index is 1.16. The molecule has 2 aliphatic rings. The van der Waals surface area contributed by atoms with Gasteiger partial charge < -0.3 is 14.4 Å². The number of rotatable bonds is 6. The smallest absolute Gasteiger partial charge is 0.273 e. The van der Waals surface area contributed by atoms with E-state index in [1.54, 1.807) is 17.5 Å². The highest BCUT2D eigenvalue weighted by molar-refractivity contribution is 7.11. The molecule has 4 rings (SSSR count). The van der Waals surface area contributed by atoms with E-state index < -0.39 is 0 Å². The molecule has 0 N–H and O–H groups in total. The highest BCUT2D eigenvalue weighted by Crippen LogP contribution is 2.25. The van der Waals surface area contributed by atoms with Crippen LogP contribution in [0.25, 0.3) is 0 Å². The van der Waals surface area contributed by atoms with Gasteiger partial charge in [0.05, 0.1) is 0 Å². The first-order valence-corrected chi connectivity index (χ1v) is 11.0. The third kappa shape index (κ3) is 5.45. The average Bonchev–Trinajstić information content (AvgIpc) is 3.27. The SMILES string of the molecule is O=C(COc1ccc(F)cc1)N1CCC(N2CCC(Oc3nccs3)CC2)CC1. The van der Waals surface area contributed by atoms with Crippen LogP contribution in [0.4, 0.5) is 4.39 Å². The van der Waals surface area contributed by atoms with Crippen LogP contribution in [-0.2, 0) is 4.79 Å². The standard InChI is InChI=1S/C21H26FN3O3S/c22-16-1-3-18(4-2-16)27-15-20(26)25-10-5-17(6-11-25)24-12-7-19(8-13-24)28-21-23-9-14-29-21/h1-4,9,14,17,19H,5-8,10-13,15H2. The van der Waals surface area contributed by atoms with E-state index in [1.165, 1.54) is 24.3 Å². The fourth-order valence-electron chi connectivity index (χ4n) is 4.02. The van der Waals surface area contributed by atoms with Gasteiger partial charge >= 0.3 is 0 Å². The van der Waals surface area contributed by atoms with Gasteiger partial charge in [-0.25, -0.2) is 9.37 Å². The zero-order valence-electron chi connectivity index (χ0n) is 16.3. The largest absolute Gasteiger partial charge is 0.484 e. The normalized spacial score (nSPS) is 19.3. The molecular weight excluding hydrogens is 393 g/mol. The summed E-state index contributed by atoms with van der Waals surface area (Å²) < 4.78 is 24.4. The van der Waals surface area contributed by atoms with E-state index in [-0.39, 0.29) is 24.4 Å². The topological polar surface area (TPSA) is 54.9 Å². The number of carbonyl (C=O) groups is 1. The van der Waals surface area contributed by atoms with Crippen molar-refractivity contribution in [3.63, 3.8) is 0 Å². The van der Waals surface area contributed by atoms with Gasteiger partial charge in [0.1, 0.15) is 17.7 Å². The Kier molecular flexibility index (Phi) is 6.61. The maximum absolute atomic E-state index is 12.9. The van der Waals surface area contributed by atoms with Gasteiger partial charge in [-0.15, -0.1) is 0 Å². The second-order valence-electron chi connectivity index (χ2n) is 7.51. The summed E-state index contributed by atoms with van der Waals surface area (Å²) in [6, 6.07) is 6.26. The Morgan fingerprint density at radius 3 is 2.48 bits per heavy atom. The fraction of sp³-hybridized carbons (Fsp3) is 0.524. The highest BCUT2D eigenvalue weighted by atomic mass is 32.1. The molecule has 1 aromatic carbocycles. The summed E-state index contributed by atoms with van der Waals surface area (Å²) in [6.07, 6.45) is 6.03. The first-order chi connectivity index (χ1) is 14.2. The molecule has 29 heavy (non-hydrogen) atoms. The van der Waals surface area contributed by atoms with Gasteiger partial charge in [-0.2, -0.15) is 0 Å². The van der Waals surface area contributed by atoms with Crippen LogP contribution in [0.1, 0.15) is 25.7 Å². The Hall–Kier alpha value is -2.19. The second kappa shape index (κ2) is 9.54. The first-order valence-electron chi connectivity index (χ1n) is 10.1. The number of aromatic nitrogens is 1. The molecule has 2 fully saturated rings. The molecule has 0 bridgehead atoms. The van der Waals surface area contributed by atoms with Crippen molar-refractivity contribution in [2.75, 3.05) is 32.8 Å². The van der Waals surface area contributed by atoms with Crippen molar-refractivity contribution in [3.05, 3.63) is 41.7 Å². The molecule has 1 amide bonds. The number of hydrogen-bond donors (Lipinski definition) is 0. The van der Waals surface area contributed by atoms with E-state index in [0.717, 1.165) is 57.1 Å². The summed E-state index contributed by atoms with van der Waals surface area (Å²) in [5.74, 6) is 0.185. The van der Waals surface area contributed by atoms with Crippen LogP contribution in [0.15, 0.2) is 35.8 Å². The van der Waals surface area contributed by atoms with E-state index in [9.17, 15) is 9.18 Å². The quantitative estimate of drug-likeness (QED) is 0.720. The van der Waals surface area contributed by atoms with Crippen molar-refractivity contribution in [2.24, 2.45) is 0 Å². The molecule has 6 nitrogen and oxygen atoms in total. The minimum absolute atomic E-state index is 0.00418. The molecule has 2 saturated heterocycles. The number of amides is 1. The molecule has 2 aromatic rings. The number of benzene rings is 1. The molecule has 0 unspecified atom stereocenters. The number of thiazole rings is 1. The monoisotopic (exact) mass is 419 g/mol. The van der Waals surface area contributed by atoms with Gasteiger partial charge in [-0.1, -0.05) is 11.3 Å². The molecular formula is C21H26FN3O3S. The van der Waals surface area contributed by atoms with E-state index in [2.05, 4.69) is 9.88 Å². The molecule has 0 atom stereocenters. The van der Waals surface area contributed by atoms with Gasteiger partial charge in [-0.3, -0.25) is 9.69 Å². The van der Waals surface area contributed by atoms with Crippen LogP contribution in [0.5, 0.6) is 10.9 Å². The number of halogens is 1. The summed E-state index contributed by atoms with van der Waals surface area (Å²) >= 11 is 1.54. The van der Waals surface area contributed by atoms with Gasteiger partial charge in [0.25, 0.3) is 11.1 Å². The number of piperidine rings is 2. The van der Waals surface area contributed by atoms with Crippen molar-refractivity contribution >= 4 is 17.2 Å². The molecule has 0 saturated carbocycles. The lowest BCUT2D eigenvalue weighted by Gasteiger charge is -2.41. The molecule has 2 aliphatic heterocycles. The van der Waals surface area contributed by atoms with E-state index in [1.807, 2.05) is 10.3 Å². The van der Waals surface area contributed by atoms with Crippen molar-refractivity contribution in [1.29, 1.82) is 0 Å².